The molecule has 1 aliphatic heterocycles. The predicted molar refractivity (Wildman–Crippen MR) is 70.6 cm³/mol. The van der Waals surface area contributed by atoms with Gasteiger partial charge in [-0.1, -0.05) is 30.7 Å². The molecule has 1 aromatic carbocycles. The molecule has 2 atom stereocenters. The van der Waals surface area contributed by atoms with Gasteiger partial charge in [0.15, 0.2) is 0 Å². The van der Waals surface area contributed by atoms with Crippen molar-refractivity contribution in [3.05, 3.63) is 35.4 Å². The Morgan fingerprint density at radius 2 is 1.89 bits per heavy atom. The van der Waals surface area contributed by atoms with Crippen LogP contribution in [0.25, 0.3) is 0 Å². The lowest BCUT2D eigenvalue weighted by molar-refractivity contribution is -0.132. The Morgan fingerprint density at radius 1 is 1.22 bits per heavy atom. The summed E-state index contributed by atoms with van der Waals surface area (Å²) in [6.45, 7) is 1.55. The highest BCUT2D eigenvalue weighted by atomic mass is 16.2. The van der Waals surface area contributed by atoms with Gasteiger partial charge in [-0.05, 0) is 29.9 Å². The van der Waals surface area contributed by atoms with E-state index in [0.717, 1.165) is 25.9 Å². The van der Waals surface area contributed by atoms with Crippen molar-refractivity contribution < 1.29 is 4.79 Å². The van der Waals surface area contributed by atoms with Gasteiger partial charge < -0.3 is 10.6 Å². The maximum Gasteiger partial charge on any atom is 0.223 e. The van der Waals surface area contributed by atoms with Crippen molar-refractivity contribution in [2.45, 2.75) is 44.8 Å². The van der Waals surface area contributed by atoms with Crippen LogP contribution in [0.2, 0.25) is 0 Å². The first-order valence-corrected chi connectivity index (χ1v) is 6.84. The summed E-state index contributed by atoms with van der Waals surface area (Å²) in [5, 5.41) is 0. The molecule has 1 aromatic rings. The summed E-state index contributed by atoms with van der Waals surface area (Å²) in [6.07, 6.45) is 4.01. The van der Waals surface area contributed by atoms with Gasteiger partial charge in [-0.2, -0.15) is 0 Å². The number of amides is 1. The van der Waals surface area contributed by atoms with Crippen LogP contribution in [-0.4, -0.2) is 16.8 Å². The van der Waals surface area contributed by atoms with Crippen molar-refractivity contribution in [3.8, 4) is 0 Å². The second kappa shape index (κ2) is 4.73. The van der Waals surface area contributed by atoms with Crippen LogP contribution in [0.4, 0.5) is 0 Å². The highest BCUT2D eigenvalue weighted by Gasteiger charge is 2.29. The van der Waals surface area contributed by atoms with Crippen molar-refractivity contribution >= 4 is 5.91 Å². The van der Waals surface area contributed by atoms with E-state index in [2.05, 4.69) is 12.1 Å². The van der Waals surface area contributed by atoms with Gasteiger partial charge in [-0.3, -0.25) is 4.79 Å². The Kier molecular flexibility index (Phi) is 3.08. The molecule has 1 aliphatic carbocycles. The number of carbonyl (C=O) groups is 1. The zero-order valence-electron chi connectivity index (χ0n) is 10.6. The summed E-state index contributed by atoms with van der Waals surface area (Å²) in [7, 11) is 0. The third-order valence-electron chi connectivity index (χ3n) is 4.35. The largest absolute Gasteiger partial charge is 0.334 e. The van der Waals surface area contributed by atoms with Gasteiger partial charge in [-0.25, -0.2) is 0 Å². The van der Waals surface area contributed by atoms with Crippen LogP contribution in [0.1, 0.15) is 36.8 Å². The van der Waals surface area contributed by atoms with E-state index >= 15 is 0 Å². The molecular formula is C15H20N2O. The first kappa shape index (κ1) is 11.7. The van der Waals surface area contributed by atoms with Crippen LogP contribution < -0.4 is 5.73 Å². The van der Waals surface area contributed by atoms with Crippen LogP contribution in [0.5, 0.6) is 0 Å². The molecule has 1 amide bonds. The molecule has 0 unspecified atom stereocenters. The minimum absolute atomic E-state index is 0.235. The lowest BCUT2D eigenvalue weighted by Crippen LogP contribution is -2.32. The van der Waals surface area contributed by atoms with Crippen molar-refractivity contribution in [1.29, 1.82) is 0 Å². The van der Waals surface area contributed by atoms with Crippen LogP contribution in [0, 0.1) is 5.92 Å². The van der Waals surface area contributed by atoms with Gasteiger partial charge >= 0.3 is 0 Å². The SMILES string of the molecule is N[C@@H]1CCC[C@H]1CC(=O)N1Cc2ccccc2C1. The number of fused-ring (bicyclic) bond motifs is 1. The molecule has 3 heteroatoms. The molecular weight excluding hydrogens is 224 g/mol. The highest BCUT2D eigenvalue weighted by molar-refractivity contribution is 5.77. The Labute approximate surface area is 108 Å². The Balaban J connectivity index is 1.62. The molecule has 0 radical (unpaired) electrons. The lowest BCUT2D eigenvalue weighted by atomic mass is 9.99. The van der Waals surface area contributed by atoms with E-state index in [1.807, 2.05) is 17.0 Å². The van der Waals surface area contributed by atoms with Crippen LogP contribution >= 0.6 is 0 Å². The smallest absolute Gasteiger partial charge is 0.223 e. The first-order valence-electron chi connectivity index (χ1n) is 6.84. The second-order valence-corrected chi connectivity index (χ2v) is 5.58. The molecule has 0 bridgehead atoms. The van der Waals surface area contributed by atoms with Gasteiger partial charge in [0.05, 0.1) is 0 Å². The fourth-order valence-corrected chi connectivity index (χ4v) is 3.18. The summed E-state index contributed by atoms with van der Waals surface area (Å²) < 4.78 is 0. The van der Waals surface area contributed by atoms with Gasteiger partial charge in [0.1, 0.15) is 0 Å². The summed E-state index contributed by atoms with van der Waals surface area (Å²) in [6, 6.07) is 8.55. The predicted octanol–water partition coefficient (Wildman–Crippen LogP) is 2.05. The molecule has 3 nitrogen and oxygen atoms in total. The number of hydrogen-bond donors (Lipinski definition) is 1. The van der Waals surface area contributed by atoms with Crippen LogP contribution in [0.15, 0.2) is 24.3 Å². The van der Waals surface area contributed by atoms with Crippen molar-refractivity contribution in [3.63, 3.8) is 0 Å². The van der Waals surface area contributed by atoms with E-state index in [-0.39, 0.29) is 11.9 Å². The Bertz CT molecular complexity index is 433. The van der Waals surface area contributed by atoms with E-state index in [0.29, 0.717) is 12.3 Å². The number of benzene rings is 1. The molecule has 3 rings (SSSR count). The normalized spacial score (nSPS) is 26.4. The van der Waals surface area contributed by atoms with Gasteiger partial charge in [0.2, 0.25) is 5.91 Å². The molecule has 96 valence electrons. The summed E-state index contributed by atoms with van der Waals surface area (Å²) in [4.78, 5) is 14.3. The molecule has 0 saturated heterocycles. The van der Waals surface area contributed by atoms with Crippen LogP contribution in [0.3, 0.4) is 0 Å². The Hall–Kier alpha value is -1.35. The van der Waals surface area contributed by atoms with Gasteiger partial charge in [-0.15, -0.1) is 0 Å². The Morgan fingerprint density at radius 3 is 2.44 bits per heavy atom. The molecule has 1 saturated carbocycles. The summed E-state index contributed by atoms with van der Waals surface area (Å²) in [5.74, 6) is 0.676. The highest BCUT2D eigenvalue weighted by Crippen LogP contribution is 2.29. The topological polar surface area (TPSA) is 46.3 Å². The van der Waals surface area contributed by atoms with E-state index in [9.17, 15) is 4.79 Å². The van der Waals surface area contributed by atoms with E-state index in [1.54, 1.807) is 0 Å². The molecule has 0 spiro atoms. The number of hydrogen-bond acceptors (Lipinski definition) is 2. The maximum absolute atomic E-state index is 12.3. The third kappa shape index (κ3) is 2.15. The van der Waals surface area contributed by atoms with Crippen LogP contribution in [-0.2, 0) is 17.9 Å². The minimum atomic E-state index is 0.235. The van der Waals surface area contributed by atoms with Crippen molar-refractivity contribution in [2.24, 2.45) is 11.7 Å². The molecule has 0 aromatic heterocycles. The number of carbonyl (C=O) groups excluding carboxylic acids is 1. The monoisotopic (exact) mass is 244 g/mol. The standard InChI is InChI=1S/C15H20N2O/c16-14-7-3-6-11(14)8-15(18)17-9-12-4-1-2-5-13(12)10-17/h1-2,4-5,11,14H,3,6-10,16H2/t11-,14+/m0/s1. The van der Waals surface area contributed by atoms with Gasteiger partial charge in [0, 0.05) is 25.6 Å². The van der Waals surface area contributed by atoms with E-state index in [4.69, 9.17) is 5.73 Å². The zero-order chi connectivity index (χ0) is 12.5. The van der Waals surface area contributed by atoms with E-state index < -0.39 is 0 Å². The number of nitrogens with two attached hydrogens (primary N) is 1. The average Bonchev–Trinajstić information content (AvgIpc) is 2.96. The summed E-state index contributed by atoms with van der Waals surface area (Å²) >= 11 is 0. The van der Waals surface area contributed by atoms with Crippen molar-refractivity contribution in [2.75, 3.05) is 0 Å². The lowest BCUT2D eigenvalue weighted by Gasteiger charge is -2.20. The molecule has 1 fully saturated rings. The first-order chi connectivity index (χ1) is 8.74. The molecule has 1 heterocycles. The average molecular weight is 244 g/mol. The third-order valence-corrected chi connectivity index (χ3v) is 4.35. The minimum Gasteiger partial charge on any atom is -0.334 e. The van der Waals surface area contributed by atoms with Gasteiger partial charge in [0.25, 0.3) is 0 Å². The molecule has 18 heavy (non-hydrogen) atoms. The molecule has 2 N–H and O–H groups in total. The summed E-state index contributed by atoms with van der Waals surface area (Å²) in [5.41, 5.74) is 8.63. The molecule has 2 aliphatic rings. The zero-order valence-corrected chi connectivity index (χ0v) is 10.6. The number of nitrogens with zero attached hydrogens (tertiary/aromatic N) is 1. The fourth-order valence-electron chi connectivity index (χ4n) is 3.18. The van der Waals surface area contributed by atoms with Crippen molar-refractivity contribution in [1.82, 2.24) is 4.90 Å². The number of rotatable bonds is 2. The maximum atomic E-state index is 12.3. The quantitative estimate of drug-likeness (QED) is 0.865. The van der Waals surface area contributed by atoms with E-state index in [1.165, 1.54) is 17.5 Å². The fraction of sp³-hybridized carbons (Fsp3) is 0.533. The second-order valence-electron chi connectivity index (χ2n) is 5.58.